The number of nitrogens with two attached hydrogens (primary N) is 1. The molecular formula is C9H13N3. The highest BCUT2D eigenvalue weighted by Gasteiger charge is 2.00. The maximum absolute atomic E-state index is 7.09. The van der Waals surface area contributed by atoms with Gasteiger partial charge in [-0.15, -0.1) is 0 Å². The standard InChI is InChI=1S/C9H13N3/c1-12-6-8-4-2-3-7(5-10)9(8)11/h2-5,10,12H,6,11H2,1H3. The van der Waals surface area contributed by atoms with E-state index < -0.39 is 0 Å². The smallest absolute Gasteiger partial charge is 0.0448 e. The summed E-state index contributed by atoms with van der Waals surface area (Å²) in [5.74, 6) is 0. The predicted octanol–water partition coefficient (Wildman–Crippen LogP) is 0.986. The molecule has 0 aromatic heterocycles. The molecule has 12 heavy (non-hydrogen) atoms. The number of rotatable bonds is 3. The molecule has 0 aliphatic carbocycles. The molecule has 0 aliphatic heterocycles. The molecule has 1 aromatic carbocycles. The normalized spacial score (nSPS) is 9.75. The number of hydrogen-bond donors (Lipinski definition) is 3. The lowest BCUT2D eigenvalue weighted by Gasteiger charge is -2.06. The van der Waals surface area contributed by atoms with E-state index in [1.807, 2.05) is 25.2 Å². The molecule has 0 amide bonds. The summed E-state index contributed by atoms with van der Waals surface area (Å²) in [5.41, 5.74) is 8.31. The number of anilines is 1. The molecule has 0 heterocycles. The summed E-state index contributed by atoms with van der Waals surface area (Å²) >= 11 is 0. The minimum atomic E-state index is 0.696. The van der Waals surface area contributed by atoms with Crippen LogP contribution in [0.15, 0.2) is 18.2 Å². The molecule has 0 saturated heterocycles. The molecule has 0 bridgehead atoms. The first-order valence-electron chi connectivity index (χ1n) is 3.82. The highest BCUT2D eigenvalue weighted by atomic mass is 14.8. The molecule has 64 valence electrons. The Balaban J connectivity index is 3.04. The molecule has 1 aromatic rings. The Bertz CT molecular complexity index is 281. The van der Waals surface area contributed by atoms with E-state index in [0.717, 1.165) is 17.7 Å². The third kappa shape index (κ3) is 1.62. The summed E-state index contributed by atoms with van der Waals surface area (Å²) in [5, 5.41) is 10.1. The lowest BCUT2D eigenvalue weighted by atomic mass is 10.1. The van der Waals surface area contributed by atoms with Crippen LogP contribution >= 0.6 is 0 Å². The summed E-state index contributed by atoms with van der Waals surface area (Å²) in [6, 6.07) is 5.70. The van der Waals surface area contributed by atoms with E-state index in [1.165, 1.54) is 6.21 Å². The fraction of sp³-hybridized carbons (Fsp3) is 0.222. The average Bonchev–Trinajstić information content (AvgIpc) is 2.09. The highest BCUT2D eigenvalue weighted by molar-refractivity contribution is 5.85. The van der Waals surface area contributed by atoms with E-state index in [4.69, 9.17) is 11.1 Å². The van der Waals surface area contributed by atoms with Crippen molar-refractivity contribution in [2.45, 2.75) is 6.54 Å². The molecule has 1 rings (SSSR count). The van der Waals surface area contributed by atoms with Gasteiger partial charge in [0, 0.05) is 24.0 Å². The van der Waals surface area contributed by atoms with Gasteiger partial charge in [0.15, 0.2) is 0 Å². The second-order valence-electron chi connectivity index (χ2n) is 2.59. The lowest BCUT2D eigenvalue weighted by molar-refractivity contribution is 0.820. The molecule has 3 nitrogen and oxygen atoms in total. The zero-order chi connectivity index (χ0) is 8.97. The maximum Gasteiger partial charge on any atom is 0.0448 e. The highest BCUT2D eigenvalue weighted by Crippen LogP contribution is 2.14. The topological polar surface area (TPSA) is 61.9 Å². The number of para-hydroxylation sites is 1. The number of benzene rings is 1. The molecule has 0 atom stereocenters. The van der Waals surface area contributed by atoms with Crippen molar-refractivity contribution in [1.29, 1.82) is 5.41 Å². The molecule has 0 aliphatic rings. The van der Waals surface area contributed by atoms with Crippen LogP contribution in [0.25, 0.3) is 0 Å². The first kappa shape index (κ1) is 8.74. The largest absolute Gasteiger partial charge is 0.398 e. The monoisotopic (exact) mass is 163 g/mol. The van der Waals surface area contributed by atoms with Crippen molar-refractivity contribution in [2.75, 3.05) is 12.8 Å². The van der Waals surface area contributed by atoms with Crippen molar-refractivity contribution >= 4 is 11.9 Å². The Morgan fingerprint density at radius 1 is 1.58 bits per heavy atom. The fourth-order valence-corrected chi connectivity index (χ4v) is 1.10. The Morgan fingerprint density at radius 2 is 2.33 bits per heavy atom. The minimum absolute atomic E-state index is 0.696. The molecule has 3 heteroatoms. The summed E-state index contributed by atoms with van der Waals surface area (Å²) in [6.07, 6.45) is 1.27. The Morgan fingerprint density at radius 3 is 2.92 bits per heavy atom. The third-order valence-corrected chi connectivity index (χ3v) is 1.75. The van der Waals surface area contributed by atoms with Gasteiger partial charge in [0.1, 0.15) is 0 Å². The Hall–Kier alpha value is -1.35. The molecule has 4 N–H and O–H groups in total. The van der Waals surface area contributed by atoms with Crippen molar-refractivity contribution in [3.8, 4) is 0 Å². The van der Waals surface area contributed by atoms with Crippen LogP contribution in [0.1, 0.15) is 11.1 Å². The Kier molecular flexibility index (Phi) is 2.82. The van der Waals surface area contributed by atoms with Crippen molar-refractivity contribution in [3.63, 3.8) is 0 Å². The van der Waals surface area contributed by atoms with Gasteiger partial charge in [-0.2, -0.15) is 0 Å². The molecule has 0 spiro atoms. The van der Waals surface area contributed by atoms with Crippen LogP contribution in [0.3, 0.4) is 0 Å². The molecule has 0 radical (unpaired) electrons. The quantitative estimate of drug-likeness (QED) is 0.459. The van der Waals surface area contributed by atoms with Gasteiger partial charge >= 0.3 is 0 Å². The van der Waals surface area contributed by atoms with Gasteiger partial charge in [0.25, 0.3) is 0 Å². The van der Waals surface area contributed by atoms with Crippen LogP contribution in [0, 0.1) is 5.41 Å². The van der Waals surface area contributed by atoms with Gasteiger partial charge in [-0.1, -0.05) is 18.2 Å². The first-order valence-corrected chi connectivity index (χ1v) is 3.82. The summed E-state index contributed by atoms with van der Waals surface area (Å²) in [4.78, 5) is 0. The minimum Gasteiger partial charge on any atom is -0.398 e. The van der Waals surface area contributed by atoms with Gasteiger partial charge in [-0.05, 0) is 12.6 Å². The van der Waals surface area contributed by atoms with Gasteiger partial charge in [-0.25, -0.2) is 0 Å². The second-order valence-corrected chi connectivity index (χ2v) is 2.59. The summed E-state index contributed by atoms with van der Waals surface area (Å²) in [6.45, 7) is 0.744. The van der Waals surface area contributed by atoms with Crippen LogP contribution < -0.4 is 11.1 Å². The number of hydrogen-bond acceptors (Lipinski definition) is 3. The molecular weight excluding hydrogens is 150 g/mol. The molecule has 0 fully saturated rings. The zero-order valence-electron chi connectivity index (χ0n) is 7.09. The van der Waals surface area contributed by atoms with Crippen LogP contribution in [0.5, 0.6) is 0 Å². The van der Waals surface area contributed by atoms with Gasteiger partial charge in [-0.3, -0.25) is 0 Å². The first-order chi connectivity index (χ1) is 5.79. The Labute approximate surface area is 72.1 Å². The third-order valence-electron chi connectivity index (χ3n) is 1.75. The van der Waals surface area contributed by atoms with Crippen LogP contribution in [-0.4, -0.2) is 13.3 Å². The second kappa shape index (κ2) is 3.88. The average molecular weight is 163 g/mol. The van der Waals surface area contributed by atoms with Gasteiger partial charge < -0.3 is 16.5 Å². The fourth-order valence-electron chi connectivity index (χ4n) is 1.10. The van der Waals surface area contributed by atoms with E-state index in [2.05, 4.69) is 5.32 Å². The number of nitrogens with one attached hydrogen (secondary N) is 2. The van der Waals surface area contributed by atoms with Crippen LogP contribution in [0.4, 0.5) is 5.69 Å². The summed E-state index contributed by atoms with van der Waals surface area (Å²) < 4.78 is 0. The SMILES string of the molecule is CNCc1cccc(C=N)c1N. The van der Waals surface area contributed by atoms with Crippen molar-refractivity contribution in [2.24, 2.45) is 0 Å². The van der Waals surface area contributed by atoms with Crippen molar-refractivity contribution in [3.05, 3.63) is 29.3 Å². The predicted molar refractivity (Wildman–Crippen MR) is 51.5 cm³/mol. The van der Waals surface area contributed by atoms with E-state index in [1.54, 1.807) is 0 Å². The van der Waals surface area contributed by atoms with Crippen LogP contribution in [0.2, 0.25) is 0 Å². The van der Waals surface area contributed by atoms with Gasteiger partial charge in [0.05, 0.1) is 0 Å². The van der Waals surface area contributed by atoms with E-state index >= 15 is 0 Å². The summed E-state index contributed by atoms with van der Waals surface area (Å²) in [7, 11) is 1.87. The van der Waals surface area contributed by atoms with Gasteiger partial charge in [0.2, 0.25) is 0 Å². The van der Waals surface area contributed by atoms with Crippen molar-refractivity contribution < 1.29 is 0 Å². The van der Waals surface area contributed by atoms with E-state index in [-0.39, 0.29) is 0 Å². The lowest BCUT2D eigenvalue weighted by Crippen LogP contribution is -2.08. The van der Waals surface area contributed by atoms with Crippen molar-refractivity contribution in [1.82, 2.24) is 5.32 Å². The molecule has 0 saturated carbocycles. The van der Waals surface area contributed by atoms with E-state index in [9.17, 15) is 0 Å². The maximum atomic E-state index is 7.09. The molecule has 0 unspecified atom stereocenters. The zero-order valence-corrected chi connectivity index (χ0v) is 7.09. The van der Waals surface area contributed by atoms with Crippen LogP contribution in [-0.2, 0) is 6.54 Å². The van der Waals surface area contributed by atoms with E-state index in [0.29, 0.717) is 5.69 Å². The number of nitrogen functional groups attached to an aromatic ring is 1.